The maximum absolute atomic E-state index is 3.25. The molecule has 0 bridgehead atoms. The van der Waals surface area contributed by atoms with E-state index < -0.39 is 0 Å². The van der Waals surface area contributed by atoms with Gasteiger partial charge in [-0.1, -0.05) is 0 Å². The number of thiol groups is 2. The van der Waals surface area contributed by atoms with Gasteiger partial charge in [0, 0.05) is 19.5 Å². The maximum Gasteiger partial charge on any atom is 0 e. The van der Waals surface area contributed by atoms with Gasteiger partial charge in [0.1, 0.15) is 0 Å². The summed E-state index contributed by atoms with van der Waals surface area (Å²) in [6, 6.07) is 0. The van der Waals surface area contributed by atoms with Crippen LogP contribution in [0.15, 0.2) is 0 Å². The van der Waals surface area contributed by atoms with E-state index in [1.165, 1.54) is 0 Å². The summed E-state index contributed by atoms with van der Waals surface area (Å²) >= 11 is 0. The van der Waals surface area contributed by atoms with Crippen molar-refractivity contribution in [2.24, 2.45) is 0 Å². The third-order valence-corrected chi connectivity index (χ3v) is 0. The predicted octanol–water partition coefficient (Wildman–Crippen LogP) is 1.14. The second-order valence-corrected chi connectivity index (χ2v) is 0. The molecule has 0 aliphatic rings. The van der Waals surface area contributed by atoms with Crippen LogP contribution >= 0.6 is 0 Å². The van der Waals surface area contributed by atoms with E-state index in [1.807, 2.05) is 0 Å². The third-order valence-electron chi connectivity index (χ3n) is 0. The Morgan fingerprint density at radius 3 is 0.714 bits per heavy atom. The first-order chi connectivity index (χ1) is 2.00. The quantitative estimate of drug-likeness (QED) is 0.243. The Kier molecular flexibility index (Phi) is 965. The molecule has 3 heteroatoms. The van der Waals surface area contributed by atoms with Crippen molar-refractivity contribution in [1.82, 2.24) is 0 Å². The summed E-state index contributed by atoms with van der Waals surface area (Å²) < 4.78 is 0. The summed E-state index contributed by atoms with van der Waals surface area (Å²) in [6.07, 6.45) is 0. The average Bonchev–Trinajstić information content (AvgIpc) is 1.50. The van der Waals surface area contributed by atoms with E-state index in [0.29, 0.717) is 0 Å². The van der Waals surface area contributed by atoms with Crippen molar-refractivity contribution in [2.75, 3.05) is 0 Å². The summed E-state index contributed by atoms with van der Waals surface area (Å²) in [5.41, 5.74) is 0. The molecule has 0 aromatic heterocycles. The molecule has 0 rings (SSSR count). The molecule has 46 valence electrons. The molecule has 0 aliphatic carbocycles. The van der Waals surface area contributed by atoms with Crippen molar-refractivity contribution >= 4 is 27.0 Å². The average molecular weight is 190 g/mol. The summed E-state index contributed by atoms with van der Waals surface area (Å²) in [7, 11) is 0. The van der Waals surface area contributed by atoms with E-state index in [2.05, 4.69) is 13.8 Å². The largest absolute Gasteiger partial charge is 0.813 e. The fraction of sp³-hybridized carbons (Fsp3) is 0.500. The minimum absolute atomic E-state index is 0. The van der Waals surface area contributed by atoms with E-state index >= 15 is 0 Å². The smallest absolute Gasteiger partial charge is 0 e. The zero-order chi connectivity index (χ0) is 4.00. The minimum atomic E-state index is 0. The first-order valence-electron chi connectivity index (χ1n) is 1.41. The Morgan fingerprint density at radius 2 is 0.714 bits per heavy atom. The van der Waals surface area contributed by atoms with Gasteiger partial charge in [0.15, 0.2) is 0 Å². The van der Waals surface area contributed by atoms with Crippen LogP contribution in [0.1, 0.15) is 13.8 Å². The molecule has 0 saturated carbocycles. The van der Waals surface area contributed by atoms with Crippen LogP contribution in [0.5, 0.6) is 0 Å². The second-order valence-electron chi connectivity index (χ2n) is 0. The fourth-order valence-corrected chi connectivity index (χ4v) is 0. The third kappa shape index (κ3) is 119. The van der Waals surface area contributed by atoms with E-state index in [1.54, 1.807) is 13.8 Å². The monoisotopic (exact) mass is 188 g/mol. The van der Waals surface area contributed by atoms with Crippen molar-refractivity contribution in [1.29, 1.82) is 0 Å². The summed E-state index contributed by atoms with van der Waals surface area (Å²) in [6.45, 7) is 10.0. The molecule has 0 N–H and O–H groups in total. The number of hydrogen-bond acceptors (Lipinski definition) is 2. The van der Waals surface area contributed by atoms with Crippen LogP contribution in [-0.2, 0) is 46.5 Å². The van der Waals surface area contributed by atoms with Crippen LogP contribution < -0.4 is 0 Å². The van der Waals surface area contributed by atoms with Gasteiger partial charge in [-0.15, -0.1) is 0 Å². The van der Waals surface area contributed by atoms with E-state index in [0.717, 1.165) is 0 Å². The molecular formula is C4H12S2Zn-4. The van der Waals surface area contributed by atoms with Gasteiger partial charge in [0.05, 0.1) is 0 Å². The first-order valence-corrected chi connectivity index (χ1v) is 1.41. The molecule has 0 heterocycles. The molecule has 0 spiro atoms. The summed E-state index contributed by atoms with van der Waals surface area (Å²) in [5.74, 6) is 0. The molecule has 7 heavy (non-hydrogen) atoms. The summed E-state index contributed by atoms with van der Waals surface area (Å²) in [4.78, 5) is 0. The van der Waals surface area contributed by atoms with Gasteiger partial charge < -0.3 is 40.8 Å². The van der Waals surface area contributed by atoms with Crippen LogP contribution in [0, 0.1) is 13.8 Å². The Labute approximate surface area is 74.1 Å². The van der Waals surface area contributed by atoms with Crippen LogP contribution in [0.3, 0.4) is 0 Å². The first kappa shape index (κ1) is 40.4. The van der Waals surface area contributed by atoms with Crippen LogP contribution in [0.4, 0.5) is 0 Å². The molecule has 0 radical (unpaired) electrons. The van der Waals surface area contributed by atoms with E-state index in [9.17, 15) is 0 Å². The number of rotatable bonds is 0. The van der Waals surface area contributed by atoms with Crippen molar-refractivity contribution < 1.29 is 19.5 Å². The van der Waals surface area contributed by atoms with Crippen molar-refractivity contribution in [3.8, 4) is 0 Å². The molecule has 0 atom stereocenters. The van der Waals surface area contributed by atoms with Crippen molar-refractivity contribution in [2.45, 2.75) is 13.8 Å². The predicted molar refractivity (Wildman–Crippen MR) is 39.6 cm³/mol. The number of hydrogen-bond donors (Lipinski definition) is 0. The molecule has 0 amide bonds. The van der Waals surface area contributed by atoms with Gasteiger partial charge in [-0.3, -0.25) is 0 Å². The normalized spacial score (nSPS) is 1.71. The molecule has 0 aromatic rings. The van der Waals surface area contributed by atoms with Gasteiger partial charge in [-0.2, -0.15) is 13.8 Å². The van der Waals surface area contributed by atoms with Crippen LogP contribution in [0.25, 0.3) is 0 Å². The van der Waals surface area contributed by atoms with Gasteiger partial charge in [0.25, 0.3) is 0 Å². The molecular weight excluding hydrogens is 178 g/mol. The van der Waals surface area contributed by atoms with Gasteiger partial charge in [-0.25, -0.2) is 0 Å². The molecule has 0 aromatic carbocycles. The van der Waals surface area contributed by atoms with Crippen molar-refractivity contribution in [3.63, 3.8) is 0 Å². The van der Waals surface area contributed by atoms with Crippen molar-refractivity contribution in [3.05, 3.63) is 13.8 Å². The van der Waals surface area contributed by atoms with E-state index in [-0.39, 0.29) is 46.5 Å². The zero-order valence-corrected chi connectivity index (χ0v) is 9.77. The molecule has 0 unspecified atom stereocenters. The van der Waals surface area contributed by atoms with Gasteiger partial charge in [-0.05, 0) is 0 Å². The Bertz CT molecular complexity index is 9.65. The SMILES string of the molecule is [CH2-]C.[CH2-]C.[SH-].[SH-].[Zn]. The Balaban J connectivity index is -0.00000000267. The Morgan fingerprint density at radius 1 is 0.714 bits per heavy atom. The molecule has 0 nitrogen and oxygen atoms in total. The Hall–Kier alpha value is 1.32. The standard InChI is InChI=1S/2C2H5.2H2S.Zn/c2*1-2;;;/h2*1H2,2H3;2*1H2;/q2*-1;;;/p-2. The fourth-order valence-electron chi connectivity index (χ4n) is 0. The van der Waals surface area contributed by atoms with E-state index in [4.69, 9.17) is 0 Å². The molecule has 0 saturated heterocycles. The second kappa shape index (κ2) is 167. The topological polar surface area (TPSA) is 0 Å². The molecule has 0 fully saturated rings. The molecule has 0 aliphatic heterocycles. The summed E-state index contributed by atoms with van der Waals surface area (Å²) in [5, 5.41) is 0. The minimum Gasteiger partial charge on any atom is -0.813 e. The van der Waals surface area contributed by atoms with Crippen LogP contribution in [-0.4, -0.2) is 0 Å². The zero-order valence-electron chi connectivity index (χ0n) is 5.02. The van der Waals surface area contributed by atoms with Crippen LogP contribution in [0.2, 0.25) is 0 Å². The van der Waals surface area contributed by atoms with Gasteiger partial charge >= 0.3 is 0 Å². The maximum atomic E-state index is 3.25. The van der Waals surface area contributed by atoms with Gasteiger partial charge in [0.2, 0.25) is 0 Å².